The lowest BCUT2D eigenvalue weighted by Gasteiger charge is -2.31. The van der Waals surface area contributed by atoms with Crippen LogP contribution >= 0.6 is 0 Å². The molecule has 7 heteroatoms. The Morgan fingerprint density at radius 2 is 2.19 bits per heavy atom. The fourth-order valence-corrected chi connectivity index (χ4v) is 2.50. The highest BCUT2D eigenvalue weighted by Crippen LogP contribution is 2.12. The minimum absolute atomic E-state index is 0.145. The van der Waals surface area contributed by atoms with Crippen LogP contribution in [-0.4, -0.2) is 50.7 Å². The summed E-state index contributed by atoms with van der Waals surface area (Å²) in [6.07, 6.45) is 4.82. The van der Waals surface area contributed by atoms with Crippen LogP contribution in [0.2, 0.25) is 0 Å². The molecular formula is C14H21N5O2. The van der Waals surface area contributed by atoms with E-state index < -0.39 is 0 Å². The van der Waals surface area contributed by atoms with Crippen molar-refractivity contribution in [3.63, 3.8) is 0 Å². The highest BCUT2D eigenvalue weighted by molar-refractivity contribution is 4.99. The van der Waals surface area contributed by atoms with Gasteiger partial charge >= 0.3 is 0 Å². The van der Waals surface area contributed by atoms with Crippen LogP contribution in [0.5, 0.6) is 0 Å². The predicted octanol–water partition coefficient (Wildman–Crippen LogP) is 1.04. The molecule has 0 N–H and O–H groups in total. The van der Waals surface area contributed by atoms with Crippen LogP contribution in [0, 0.1) is 6.92 Å². The Labute approximate surface area is 123 Å². The maximum atomic E-state index is 5.82. The molecule has 0 aliphatic carbocycles. The molecule has 0 radical (unpaired) electrons. The normalized spacial score (nSPS) is 20.0. The van der Waals surface area contributed by atoms with Crippen LogP contribution < -0.4 is 0 Å². The fraction of sp³-hybridized carbons (Fsp3) is 0.643. The van der Waals surface area contributed by atoms with Crippen LogP contribution in [0.3, 0.4) is 0 Å². The van der Waals surface area contributed by atoms with Gasteiger partial charge in [0.2, 0.25) is 11.8 Å². The van der Waals surface area contributed by atoms with Crippen LogP contribution in [0.4, 0.5) is 0 Å². The molecule has 0 spiro atoms. The molecule has 1 saturated heterocycles. The second kappa shape index (κ2) is 6.36. The van der Waals surface area contributed by atoms with E-state index in [4.69, 9.17) is 9.15 Å². The van der Waals surface area contributed by atoms with E-state index in [-0.39, 0.29) is 6.10 Å². The van der Waals surface area contributed by atoms with Gasteiger partial charge in [0.05, 0.1) is 32.0 Å². The maximum Gasteiger partial charge on any atom is 0.230 e. The van der Waals surface area contributed by atoms with Gasteiger partial charge in [-0.25, -0.2) is 0 Å². The van der Waals surface area contributed by atoms with Crippen molar-refractivity contribution in [1.82, 2.24) is 24.9 Å². The summed E-state index contributed by atoms with van der Waals surface area (Å²) >= 11 is 0. The number of aryl methyl sites for hydroxylation is 2. The number of nitrogens with zero attached hydrogens (tertiary/aromatic N) is 5. The zero-order valence-electron chi connectivity index (χ0n) is 12.5. The molecule has 0 bridgehead atoms. The van der Waals surface area contributed by atoms with E-state index in [0.717, 1.165) is 32.7 Å². The van der Waals surface area contributed by atoms with Crippen molar-refractivity contribution < 1.29 is 9.15 Å². The number of rotatable bonds is 5. The first-order valence-corrected chi connectivity index (χ1v) is 7.37. The molecule has 0 saturated carbocycles. The Bertz CT molecular complexity index is 579. The molecule has 3 rings (SSSR count). The Morgan fingerprint density at radius 1 is 1.33 bits per heavy atom. The van der Waals surface area contributed by atoms with Gasteiger partial charge in [-0.2, -0.15) is 5.10 Å². The van der Waals surface area contributed by atoms with Crippen molar-refractivity contribution in [2.24, 2.45) is 0 Å². The molecule has 1 aliphatic heterocycles. The largest absolute Gasteiger partial charge is 0.424 e. The van der Waals surface area contributed by atoms with Gasteiger partial charge in [0.1, 0.15) is 0 Å². The van der Waals surface area contributed by atoms with Crippen LogP contribution in [0.15, 0.2) is 16.8 Å². The molecule has 1 unspecified atom stereocenters. The van der Waals surface area contributed by atoms with Crippen molar-refractivity contribution in [2.45, 2.75) is 39.5 Å². The molecule has 1 aliphatic rings. The second-order valence-electron chi connectivity index (χ2n) is 5.41. The first-order chi connectivity index (χ1) is 10.2. The van der Waals surface area contributed by atoms with Gasteiger partial charge in [0, 0.05) is 25.7 Å². The van der Waals surface area contributed by atoms with Crippen molar-refractivity contribution in [2.75, 3.05) is 19.7 Å². The third kappa shape index (κ3) is 3.68. The highest BCUT2D eigenvalue weighted by atomic mass is 16.5. The quantitative estimate of drug-likeness (QED) is 0.820. The minimum atomic E-state index is 0.145. The predicted molar refractivity (Wildman–Crippen MR) is 75.7 cm³/mol. The molecule has 7 nitrogen and oxygen atoms in total. The van der Waals surface area contributed by atoms with Gasteiger partial charge in [0.25, 0.3) is 0 Å². The van der Waals surface area contributed by atoms with E-state index in [1.54, 1.807) is 0 Å². The molecule has 3 heterocycles. The van der Waals surface area contributed by atoms with E-state index in [0.29, 0.717) is 18.3 Å². The second-order valence-corrected chi connectivity index (χ2v) is 5.41. The Morgan fingerprint density at radius 3 is 2.90 bits per heavy atom. The Balaban J connectivity index is 1.55. The zero-order valence-corrected chi connectivity index (χ0v) is 12.5. The van der Waals surface area contributed by atoms with Gasteiger partial charge in [-0.1, -0.05) is 6.92 Å². The van der Waals surface area contributed by atoms with Gasteiger partial charge in [0.15, 0.2) is 0 Å². The summed E-state index contributed by atoms with van der Waals surface area (Å²) in [5, 5.41) is 12.4. The maximum absolute atomic E-state index is 5.82. The molecule has 0 amide bonds. The lowest BCUT2D eigenvalue weighted by molar-refractivity contribution is -0.0423. The van der Waals surface area contributed by atoms with Crippen LogP contribution in [0.25, 0.3) is 0 Å². The number of hydrogen-bond donors (Lipinski definition) is 0. The number of hydrogen-bond acceptors (Lipinski definition) is 6. The van der Waals surface area contributed by atoms with E-state index in [2.05, 4.69) is 20.2 Å². The van der Waals surface area contributed by atoms with Gasteiger partial charge in [-0.15, -0.1) is 10.2 Å². The summed E-state index contributed by atoms with van der Waals surface area (Å²) in [7, 11) is 0. The molecule has 21 heavy (non-hydrogen) atoms. The summed E-state index contributed by atoms with van der Waals surface area (Å²) in [4.78, 5) is 2.29. The lowest BCUT2D eigenvalue weighted by atomic mass is 10.2. The van der Waals surface area contributed by atoms with E-state index in [1.807, 2.05) is 30.9 Å². The Hall–Kier alpha value is -1.73. The summed E-state index contributed by atoms with van der Waals surface area (Å²) in [6.45, 7) is 7.97. The standard InChI is InChI=1S/C14H21N5O2/c1-3-13-16-17-14(21-13)10-18-4-5-20-12(8-18)9-19-7-11(2)6-15-19/h6-7,12H,3-5,8-10H2,1-2H3. The van der Waals surface area contributed by atoms with Crippen molar-refractivity contribution in [3.8, 4) is 0 Å². The molecule has 2 aromatic heterocycles. The summed E-state index contributed by atoms with van der Waals surface area (Å²) in [5.41, 5.74) is 1.17. The topological polar surface area (TPSA) is 69.2 Å². The summed E-state index contributed by atoms with van der Waals surface area (Å²) < 4.78 is 13.3. The summed E-state index contributed by atoms with van der Waals surface area (Å²) in [5.74, 6) is 1.38. The molecule has 1 atom stereocenters. The number of morpholine rings is 1. The van der Waals surface area contributed by atoms with Gasteiger partial charge < -0.3 is 9.15 Å². The fourth-order valence-electron chi connectivity index (χ4n) is 2.50. The van der Waals surface area contributed by atoms with Gasteiger partial charge in [-0.05, 0) is 12.5 Å². The van der Waals surface area contributed by atoms with Crippen molar-refractivity contribution in [1.29, 1.82) is 0 Å². The number of ether oxygens (including phenoxy) is 1. The molecular weight excluding hydrogens is 270 g/mol. The molecule has 0 aromatic carbocycles. The SMILES string of the molecule is CCc1nnc(CN2CCOC(Cn3cc(C)cn3)C2)o1. The lowest BCUT2D eigenvalue weighted by Crippen LogP contribution is -2.43. The minimum Gasteiger partial charge on any atom is -0.424 e. The highest BCUT2D eigenvalue weighted by Gasteiger charge is 2.22. The molecule has 2 aromatic rings. The first kappa shape index (κ1) is 14.2. The first-order valence-electron chi connectivity index (χ1n) is 7.37. The summed E-state index contributed by atoms with van der Waals surface area (Å²) in [6, 6.07) is 0. The zero-order chi connectivity index (χ0) is 14.7. The van der Waals surface area contributed by atoms with E-state index in [9.17, 15) is 0 Å². The van der Waals surface area contributed by atoms with Crippen LogP contribution in [0.1, 0.15) is 24.3 Å². The van der Waals surface area contributed by atoms with E-state index >= 15 is 0 Å². The average molecular weight is 291 g/mol. The van der Waals surface area contributed by atoms with Crippen molar-refractivity contribution >= 4 is 0 Å². The third-order valence-corrected chi connectivity index (χ3v) is 3.55. The Kier molecular flexibility index (Phi) is 4.31. The van der Waals surface area contributed by atoms with Crippen LogP contribution in [-0.2, 0) is 24.2 Å². The third-order valence-electron chi connectivity index (χ3n) is 3.55. The average Bonchev–Trinajstić information content (AvgIpc) is 3.08. The van der Waals surface area contributed by atoms with Gasteiger partial charge in [-0.3, -0.25) is 9.58 Å². The molecule has 114 valence electrons. The van der Waals surface area contributed by atoms with Crippen molar-refractivity contribution in [3.05, 3.63) is 29.7 Å². The monoisotopic (exact) mass is 291 g/mol. The van der Waals surface area contributed by atoms with E-state index in [1.165, 1.54) is 5.56 Å². The number of aromatic nitrogens is 4. The smallest absolute Gasteiger partial charge is 0.230 e. The molecule has 1 fully saturated rings.